The van der Waals surface area contributed by atoms with Crippen molar-refractivity contribution in [3.63, 3.8) is 0 Å². The van der Waals surface area contributed by atoms with Crippen LogP contribution in [0.3, 0.4) is 0 Å². The van der Waals surface area contributed by atoms with Crippen molar-refractivity contribution in [3.05, 3.63) is 105 Å². The largest absolute Gasteiger partial charge is 0.489 e. The third kappa shape index (κ3) is 12.8. The zero-order valence-electron chi connectivity index (χ0n) is 40.5. The summed E-state index contributed by atoms with van der Waals surface area (Å²) in [5.74, 6) is -1.72. The first kappa shape index (κ1) is 52.7. The van der Waals surface area contributed by atoms with E-state index < -0.39 is 41.4 Å². The lowest BCUT2D eigenvalue weighted by atomic mass is 9.49. The Morgan fingerprint density at radius 2 is 1.59 bits per heavy atom. The number of nitriles is 1. The van der Waals surface area contributed by atoms with Gasteiger partial charge in [0, 0.05) is 54.5 Å². The van der Waals surface area contributed by atoms with Crippen molar-refractivity contribution in [2.45, 2.75) is 130 Å². The molecule has 69 heavy (non-hydrogen) atoms. The molecule has 3 aromatic carbocycles. The first-order chi connectivity index (χ1) is 32.6. The molecule has 1 saturated heterocycles. The molecular weight excluding hydrogens is 918 g/mol. The predicted molar refractivity (Wildman–Crippen MR) is 264 cm³/mol. The van der Waals surface area contributed by atoms with Crippen molar-refractivity contribution in [3.8, 4) is 22.3 Å². The fourth-order valence-electron chi connectivity index (χ4n) is 9.92. The zero-order chi connectivity index (χ0) is 50.3. The summed E-state index contributed by atoms with van der Waals surface area (Å²) in [7, 11) is 0. The lowest BCUT2D eigenvalue weighted by Gasteiger charge is -2.63. The number of ether oxygens (including phenoxy) is 2. The van der Waals surface area contributed by atoms with E-state index in [1.807, 2.05) is 57.2 Å². The Balaban J connectivity index is 0.882. The van der Waals surface area contributed by atoms with Crippen LogP contribution in [0.5, 0.6) is 5.75 Å². The SMILES string of the molecule is CC1(C)C(NC(=O)c2ccc(CCCCCCOCC(=O)N[C@H](C(=O)N3C[C@H](O)C[C@H]3C(=O)CCc3ccc(-c4scnc4C(=O)O)cc3)C(C)(C)C)cc2)C(C)(C)C1Oc1ccc(C#N)c(Cl)c1. The molecule has 1 aliphatic carbocycles. The normalized spacial score (nSPS) is 19.7. The van der Waals surface area contributed by atoms with Crippen LogP contribution in [0, 0.1) is 27.6 Å². The number of carboxylic acid groups (broad SMARTS) is 1. The third-order valence-electron chi connectivity index (χ3n) is 13.4. The van der Waals surface area contributed by atoms with Crippen LogP contribution in [-0.2, 0) is 32.0 Å². The number of hydrogen-bond donors (Lipinski definition) is 4. The van der Waals surface area contributed by atoms with Gasteiger partial charge in [-0.2, -0.15) is 5.26 Å². The van der Waals surface area contributed by atoms with E-state index in [4.69, 9.17) is 21.1 Å². The van der Waals surface area contributed by atoms with Crippen LogP contribution in [0.15, 0.2) is 72.2 Å². The van der Waals surface area contributed by atoms with Crippen LogP contribution >= 0.6 is 22.9 Å². The summed E-state index contributed by atoms with van der Waals surface area (Å²) >= 11 is 7.48. The van der Waals surface area contributed by atoms with Gasteiger partial charge in [0.05, 0.1) is 33.1 Å². The fourth-order valence-corrected chi connectivity index (χ4v) is 10.9. The number of aryl methyl sites for hydroxylation is 2. The standard InChI is InChI=1S/C53H64ClN5O9S/c1-51(2,3)45(47(64)59-29-37(60)26-40(59)41(61)24-17-33-13-18-34(19-14-33)44-43(48(65)66)56-31-69-44)57-42(62)30-67-25-11-9-8-10-12-32-15-20-35(21-16-32)46(63)58-49-52(4,5)50(53(49,6)7)68-38-23-22-36(28-55)39(54)27-38/h13-16,18-23,27,31,37,40,45,49-50,60H,8-12,17,24-26,29-30H2,1-7H3,(H,57,62)(H,58,63)(H,65,66)/t37-,40+,45-,49?,50?/m1/s1. The van der Waals surface area contributed by atoms with Gasteiger partial charge in [0.15, 0.2) is 11.5 Å². The molecule has 3 amide bonds. The molecule has 3 atom stereocenters. The molecule has 1 aliphatic heterocycles. The number of hydrogen-bond acceptors (Lipinski definition) is 11. The van der Waals surface area contributed by atoms with Crippen molar-refractivity contribution in [1.82, 2.24) is 20.5 Å². The second-order valence-electron chi connectivity index (χ2n) is 20.5. The quantitative estimate of drug-likeness (QED) is 0.0583. The maximum atomic E-state index is 14.0. The number of halogens is 1. The smallest absolute Gasteiger partial charge is 0.356 e. The topological polar surface area (TPSA) is 208 Å². The molecule has 0 radical (unpaired) electrons. The highest BCUT2D eigenvalue weighted by Gasteiger charge is 2.64. The minimum Gasteiger partial charge on any atom is -0.489 e. The van der Waals surface area contributed by atoms with Crippen LogP contribution in [0.4, 0.5) is 0 Å². The number of amides is 3. The maximum absolute atomic E-state index is 14.0. The van der Waals surface area contributed by atoms with E-state index in [2.05, 4.69) is 49.4 Å². The van der Waals surface area contributed by atoms with Gasteiger partial charge in [0.25, 0.3) is 5.91 Å². The molecule has 0 spiro atoms. The van der Waals surface area contributed by atoms with Crippen LogP contribution in [0.2, 0.25) is 5.02 Å². The van der Waals surface area contributed by atoms with Crippen LogP contribution in [0.25, 0.3) is 10.4 Å². The van der Waals surface area contributed by atoms with Gasteiger partial charge in [-0.05, 0) is 72.1 Å². The molecule has 2 heterocycles. The summed E-state index contributed by atoms with van der Waals surface area (Å²) in [4.78, 5) is 71.4. The molecule has 16 heteroatoms. The summed E-state index contributed by atoms with van der Waals surface area (Å²) in [6.45, 7) is 13.9. The maximum Gasteiger partial charge on any atom is 0.356 e. The Kier molecular flexibility index (Phi) is 17.1. The number of aliphatic hydroxyl groups excluding tert-OH is 1. The van der Waals surface area contributed by atoms with Gasteiger partial charge in [0.1, 0.15) is 30.6 Å². The van der Waals surface area contributed by atoms with Gasteiger partial charge >= 0.3 is 5.97 Å². The van der Waals surface area contributed by atoms with E-state index in [1.54, 1.807) is 30.3 Å². The summed E-state index contributed by atoms with van der Waals surface area (Å²) in [5, 5.41) is 35.6. The summed E-state index contributed by atoms with van der Waals surface area (Å²) in [5.41, 5.74) is 3.72. The zero-order valence-corrected chi connectivity index (χ0v) is 42.0. The molecule has 14 nitrogen and oxygen atoms in total. The van der Waals surface area contributed by atoms with E-state index in [-0.39, 0.29) is 66.4 Å². The van der Waals surface area contributed by atoms with Crippen LogP contribution < -0.4 is 15.4 Å². The predicted octanol–water partition coefficient (Wildman–Crippen LogP) is 8.46. The number of rotatable bonds is 21. The van der Waals surface area contributed by atoms with E-state index in [9.17, 15) is 39.4 Å². The van der Waals surface area contributed by atoms with Gasteiger partial charge in [0.2, 0.25) is 11.8 Å². The highest BCUT2D eigenvalue weighted by Crippen LogP contribution is 2.55. The van der Waals surface area contributed by atoms with Crippen molar-refractivity contribution < 1.29 is 43.7 Å². The molecule has 1 saturated carbocycles. The Hall–Kier alpha value is -5.66. The van der Waals surface area contributed by atoms with Crippen LogP contribution in [-0.4, -0.2) is 99.7 Å². The average Bonchev–Trinajstić information content (AvgIpc) is 3.96. The van der Waals surface area contributed by atoms with Crippen LogP contribution in [0.1, 0.15) is 125 Å². The molecule has 2 aliphatic rings. The number of aromatic carboxylic acids is 1. The van der Waals surface area contributed by atoms with Gasteiger partial charge in [-0.25, -0.2) is 9.78 Å². The van der Waals surface area contributed by atoms with E-state index in [1.165, 1.54) is 21.7 Å². The Morgan fingerprint density at radius 1 is 0.942 bits per heavy atom. The van der Waals surface area contributed by atoms with E-state index in [0.717, 1.165) is 43.2 Å². The van der Waals surface area contributed by atoms with Crippen molar-refractivity contribution in [1.29, 1.82) is 5.26 Å². The number of β-amino-alcohol motifs (C(OH)–C–C–N with tert-alkyl or cyclic N) is 1. The molecule has 0 bridgehead atoms. The molecule has 368 valence electrons. The number of aliphatic hydroxyl groups is 1. The number of carbonyl (C=O) groups is 5. The number of aromatic nitrogens is 1. The number of thiazole rings is 1. The Labute approximate surface area is 413 Å². The number of Topliss-reactive ketones (excluding diaryl/α,β-unsaturated/α-hetero) is 1. The number of carbonyl (C=O) groups excluding carboxylic acids is 4. The van der Waals surface area contributed by atoms with Gasteiger partial charge in [-0.3, -0.25) is 19.2 Å². The molecule has 2 fully saturated rings. The van der Waals surface area contributed by atoms with E-state index >= 15 is 0 Å². The minimum atomic E-state index is -1.10. The lowest BCUT2D eigenvalue weighted by molar-refractivity contribution is -0.164. The van der Waals surface area contributed by atoms with Gasteiger partial charge in [-0.15, -0.1) is 11.3 Å². The second kappa shape index (κ2) is 22.4. The molecule has 4 aromatic rings. The number of benzene rings is 3. The summed E-state index contributed by atoms with van der Waals surface area (Å²) < 4.78 is 12.1. The Bertz CT molecular complexity index is 2510. The van der Waals surface area contributed by atoms with Gasteiger partial charge < -0.3 is 35.2 Å². The van der Waals surface area contributed by atoms with Crippen molar-refractivity contribution >= 4 is 52.4 Å². The summed E-state index contributed by atoms with van der Waals surface area (Å²) in [6.07, 6.45) is 3.99. The fraction of sp³-hybridized carbons (Fsp3) is 0.491. The molecule has 0 unspecified atom stereocenters. The number of likely N-dealkylation sites (tertiary alicyclic amines) is 1. The number of carboxylic acids is 1. The molecule has 6 rings (SSSR count). The summed E-state index contributed by atoms with van der Waals surface area (Å²) in [6, 6.07) is 20.1. The molecule has 1 aromatic heterocycles. The number of unbranched alkanes of at least 4 members (excludes halogenated alkanes) is 3. The first-order valence-electron chi connectivity index (χ1n) is 23.5. The second-order valence-corrected chi connectivity index (χ2v) is 21.7. The van der Waals surface area contributed by atoms with Crippen molar-refractivity contribution in [2.24, 2.45) is 16.2 Å². The average molecular weight is 983 g/mol. The van der Waals surface area contributed by atoms with Gasteiger partial charge in [-0.1, -0.05) is 109 Å². The highest BCUT2D eigenvalue weighted by atomic mass is 35.5. The monoisotopic (exact) mass is 981 g/mol. The van der Waals surface area contributed by atoms with Crippen molar-refractivity contribution in [2.75, 3.05) is 19.8 Å². The Morgan fingerprint density at radius 3 is 2.23 bits per heavy atom. The molecule has 4 N–H and O–H groups in total. The number of nitrogens with one attached hydrogen (secondary N) is 2. The minimum absolute atomic E-state index is 0.00924. The van der Waals surface area contributed by atoms with E-state index in [0.29, 0.717) is 45.4 Å². The lowest BCUT2D eigenvalue weighted by Crippen LogP contribution is -2.74. The first-order valence-corrected chi connectivity index (χ1v) is 24.8. The number of nitrogens with zero attached hydrogens (tertiary/aromatic N) is 3. The molecular formula is C53H64ClN5O9S. The highest BCUT2D eigenvalue weighted by molar-refractivity contribution is 7.13. The third-order valence-corrected chi connectivity index (χ3v) is 14.6. The number of ketones is 1.